The zero-order chi connectivity index (χ0) is 10.0. The molecule has 1 aromatic rings. The summed E-state index contributed by atoms with van der Waals surface area (Å²) >= 11 is 0. The third-order valence-corrected chi connectivity index (χ3v) is 2.19. The highest BCUT2D eigenvalue weighted by Crippen LogP contribution is 2.21. The summed E-state index contributed by atoms with van der Waals surface area (Å²) < 4.78 is 25.6. The topological polar surface area (TPSA) is 26.0 Å². The van der Waals surface area contributed by atoms with E-state index in [4.69, 9.17) is 5.73 Å². The Morgan fingerprint density at radius 3 is 2.38 bits per heavy atom. The van der Waals surface area contributed by atoms with E-state index in [1.165, 1.54) is 12.1 Å². The first-order valence-electron chi connectivity index (χ1n) is 4.22. The van der Waals surface area contributed by atoms with Crippen molar-refractivity contribution in [1.82, 2.24) is 0 Å². The highest BCUT2D eigenvalue weighted by Gasteiger charge is 2.11. The van der Waals surface area contributed by atoms with Gasteiger partial charge in [0.1, 0.15) is 0 Å². The molecule has 0 saturated carbocycles. The summed E-state index contributed by atoms with van der Waals surface area (Å²) in [4.78, 5) is 0. The SMILES string of the molecule is Cc1cc(F)c(F)cc1C(C)CN. The fourth-order valence-corrected chi connectivity index (χ4v) is 1.32. The smallest absolute Gasteiger partial charge is 0.159 e. The van der Waals surface area contributed by atoms with Gasteiger partial charge in [0.2, 0.25) is 0 Å². The second-order valence-electron chi connectivity index (χ2n) is 3.26. The van der Waals surface area contributed by atoms with Gasteiger partial charge in [-0.25, -0.2) is 8.78 Å². The minimum Gasteiger partial charge on any atom is -0.330 e. The van der Waals surface area contributed by atoms with Crippen molar-refractivity contribution in [3.63, 3.8) is 0 Å². The molecule has 1 rings (SSSR count). The molecule has 0 aromatic heterocycles. The van der Waals surface area contributed by atoms with Crippen LogP contribution < -0.4 is 5.73 Å². The standard InChI is InChI=1S/C10H13F2N/c1-6-3-9(11)10(12)4-8(6)7(2)5-13/h3-4,7H,5,13H2,1-2H3. The normalized spacial score (nSPS) is 13.0. The lowest BCUT2D eigenvalue weighted by Gasteiger charge is -2.12. The van der Waals surface area contributed by atoms with E-state index in [0.717, 1.165) is 11.1 Å². The van der Waals surface area contributed by atoms with Crippen molar-refractivity contribution in [1.29, 1.82) is 0 Å². The summed E-state index contributed by atoms with van der Waals surface area (Å²) in [6, 6.07) is 2.43. The second kappa shape index (κ2) is 3.83. The molecule has 1 atom stereocenters. The number of aryl methyl sites for hydroxylation is 1. The first-order valence-corrected chi connectivity index (χ1v) is 4.22. The Kier molecular flexibility index (Phi) is 2.98. The van der Waals surface area contributed by atoms with Gasteiger partial charge in [-0.05, 0) is 42.6 Å². The third-order valence-electron chi connectivity index (χ3n) is 2.19. The van der Waals surface area contributed by atoms with Crippen LogP contribution in [0.2, 0.25) is 0 Å². The van der Waals surface area contributed by atoms with Crippen molar-refractivity contribution in [2.24, 2.45) is 5.73 Å². The van der Waals surface area contributed by atoms with Crippen molar-refractivity contribution in [3.8, 4) is 0 Å². The van der Waals surface area contributed by atoms with Gasteiger partial charge in [-0.1, -0.05) is 6.92 Å². The lowest BCUT2D eigenvalue weighted by molar-refractivity contribution is 0.504. The molecule has 1 unspecified atom stereocenters. The first kappa shape index (κ1) is 10.1. The molecule has 2 N–H and O–H groups in total. The molecule has 0 saturated heterocycles. The van der Waals surface area contributed by atoms with Gasteiger partial charge >= 0.3 is 0 Å². The van der Waals surface area contributed by atoms with Gasteiger partial charge in [0.25, 0.3) is 0 Å². The zero-order valence-corrected chi connectivity index (χ0v) is 7.77. The van der Waals surface area contributed by atoms with Crippen LogP contribution in [0.15, 0.2) is 12.1 Å². The first-order chi connectivity index (χ1) is 6.06. The lowest BCUT2D eigenvalue weighted by Crippen LogP contribution is -2.10. The minimum atomic E-state index is -0.805. The number of nitrogens with two attached hydrogens (primary N) is 1. The molecule has 0 heterocycles. The predicted octanol–water partition coefficient (Wildman–Crippen LogP) is 2.34. The number of halogens is 2. The van der Waals surface area contributed by atoms with Crippen LogP contribution >= 0.6 is 0 Å². The molecular weight excluding hydrogens is 172 g/mol. The fourth-order valence-electron chi connectivity index (χ4n) is 1.32. The highest BCUT2D eigenvalue weighted by molar-refractivity contribution is 5.30. The fraction of sp³-hybridized carbons (Fsp3) is 0.400. The number of hydrogen-bond acceptors (Lipinski definition) is 1. The molecule has 72 valence electrons. The molecule has 0 amide bonds. The Hall–Kier alpha value is -0.960. The molecule has 0 radical (unpaired) electrons. The Bertz CT molecular complexity index is 310. The van der Waals surface area contributed by atoms with Crippen LogP contribution in [0.4, 0.5) is 8.78 Å². The van der Waals surface area contributed by atoms with Crippen LogP contribution in [0.5, 0.6) is 0 Å². The average molecular weight is 185 g/mol. The molecule has 1 nitrogen and oxygen atoms in total. The predicted molar refractivity (Wildman–Crippen MR) is 48.6 cm³/mol. The van der Waals surface area contributed by atoms with E-state index in [0.29, 0.717) is 6.54 Å². The Balaban J connectivity index is 3.15. The van der Waals surface area contributed by atoms with Gasteiger partial charge in [-0.2, -0.15) is 0 Å². The average Bonchev–Trinajstić information content (AvgIpc) is 2.10. The molecule has 0 aliphatic carbocycles. The Morgan fingerprint density at radius 1 is 1.31 bits per heavy atom. The van der Waals surface area contributed by atoms with Crippen LogP contribution in [0.1, 0.15) is 24.0 Å². The quantitative estimate of drug-likeness (QED) is 0.751. The van der Waals surface area contributed by atoms with E-state index in [2.05, 4.69) is 0 Å². The van der Waals surface area contributed by atoms with Crippen molar-refractivity contribution in [2.45, 2.75) is 19.8 Å². The summed E-state index contributed by atoms with van der Waals surface area (Å²) in [5.74, 6) is -1.54. The summed E-state index contributed by atoms with van der Waals surface area (Å²) in [7, 11) is 0. The maximum absolute atomic E-state index is 12.8. The van der Waals surface area contributed by atoms with E-state index >= 15 is 0 Å². The monoisotopic (exact) mass is 185 g/mol. The zero-order valence-electron chi connectivity index (χ0n) is 7.77. The van der Waals surface area contributed by atoms with E-state index < -0.39 is 11.6 Å². The summed E-state index contributed by atoms with van der Waals surface area (Å²) in [5.41, 5.74) is 6.97. The molecule has 0 bridgehead atoms. The van der Waals surface area contributed by atoms with Crippen molar-refractivity contribution in [2.75, 3.05) is 6.54 Å². The molecule has 0 aliphatic heterocycles. The molecule has 0 fully saturated rings. The van der Waals surface area contributed by atoms with Gasteiger partial charge in [0, 0.05) is 0 Å². The van der Waals surface area contributed by atoms with E-state index in [1.54, 1.807) is 6.92 Å². The number of hydrogen-bond donors (Lipinski definition) is 1. The number of rotatable bonds is 2. The van der Waals surface area contributed by atoms with Crippen molar-refractivity contribution < 1.29 is 8.78 Å². The summed E-state index contributed by atoms with van der Waals surface area (Å²) in [5, 5.41) is 0. The maximum atomic E-state index is 12.8. The molecular formula is C10H13F2N. The van der Waals surface area contributed by atoms with E-state index in [1.807, 2.05) is 6.92 Å². The molecule has 3 heteroatoms. The van der Waals surface area contributed by atoms with Gasteiger partial charge in [0.15, 0.2) is 11.6 Å². The van der Waals surface area contributed by atoms with E-state index in [9.17, 15) is 8.78 Å². The third kappa shape index (κ3) is 2.04. The van der Waals surface area contributed by atoms with Crippen LogP contribution in [-0.2, 0) is 0 Å². The van der Waals surface area contributed by atoms with Gasteiger partial charge in [0.05, 0.1) is 0 Å². The Labute approximate surface area is 76.6 Å². The van der Waals surface area contributed by atoms with Crippen LogP contribution in [-0.4, -0.2) is 6.54 Å². The van der Waals surface area contributed by atoms with E-state index in [-0.39, 0.29) is 5.92 Å². The lowest BCUT2D eigenvalue weighted by atomic mass is 9.96. The molecule has 13 heavy (non-hydrogen) atoms. The van der Waals surface area contributed by atoms with Crippen molar-refractivity contribution in [3.05, 3.63) is 34.9 Å². The largest absolute Gasteiger partial charge is 0.330 e. The molecule has 1 aromatic carbocycles. The van der Waals surface area contributed by atoms with Crippen LogP contribution in [0.3, 0.4) is 0 Å². The minimum absolute atomic E-state index is 0.0649. The van der Waals surface area contributed by atoms with Crippen molar-refractivity contribution >= 4 is 0 Å². The van der Waals surface area contributed by atoms with Gasteiger partial charge in [-0.15, -0.1) is 0 Å². The maximum Gasteiger partial charge on any atom is 0.159 e. The second-order valence-corrected chi connectivity index (χ2v) is 3.26. The van der Waals surface area contributed by atoms with Gasteiger partial charge < -0.3 is 5.73 Å². The Morgan fingerprint density at radius 2 is 1.85 bits per heavy atom. The number of benzene rings is 1. The summed E-state index contributed by atoms with van der Waals surface area (Å²) in [6.07, 6.45) is 0. The van der Waals surface area contributed by atoms with Crippen LogP contribution in [0, 0.1) is 18.6 Å². The molecule has 0 aliphatic rings. The molecule has 0 spiro atoms. The van der Waals surface area contributed by atoms with Gasteiger partial charge in [-0.3, -0.25) is 0 Å². The van der Waals surface area contributed by atoms with Crippen LogP contribution in [0.25, 0.3) is 0 Å². The highest BCUT2D eigenvalue weighted by atomic mass is 19.2. The summed E-state index contributed by atoms with van der Waals surface area (Å²) in [6.45, 7) is 4.08.